The highest BCUT2D eigenvalue weighted by molar-refractivity contribution is 5.95. The summed E-state index contributed by atoms with van der Waals surface area (Å²) < 4.78 is 26.3. The summed E-state index contributed by atoms with van der Waals surface area (Å²) in [6.07, 6.45) is 1.44. The summed E-state index contributed by atoms with van der Waals surface area (Å²) in [6, 6.07) is 10.3. The number of esters is 2. The number of carbonyl (C=O) groups excluding carboxylic acids is 4. The molecule has 3 amide bonds. The first-order valence-corrected chi connectivity index (χ1v) is 12.7. The van der Waals surface area contributed by atoms with Gasteiger partial charge in [0.05, 0.1) is 38.2 Å². The van der Waals surface area contributed by atoms with Gasteiger partial charge < -0.3 is 34.3 Å². The van der Waals surface area contributed by atoms with Gasteiger partial charge in [0.1, 0.15) is 5.75 Å². The Morgan fingerprint density at radius 2 is 1.71 bits per heavy atom. The topological polar surface area (TPSA) is 163 Å². The van der Waals surface area contributed by atoms with Crippen LogP contribution in [-0.4, -0.2) is 63.6 Å². The Morgan fingerprint density at radius 1 is 0.976 bits per heavy atom. The maximum absolute atomic E-state index is 12.6. The Kier molecular flexibility index (Phi) is 11.1. The van der Waals surface area contributed by atoms with Crippen molar-refractivity contribution in [1.82, 2.24) is 16.1 Å². The van der Waals surface area contributed by atoms with E-state index in [1.54, 1.807) is 63.2 Å². The molecule has 1 atom stereocenters. The zero-order chi connectivity index (χ0) is 29.8. The molecule has 2 aromatic carbocycles. The molecule has 0 saturated heterocycles. The lowest BCUT2D eigenvalue weighted by Gasteiger charge is -2.28. The third-order valence-electron chi connectivity index (χ3n) is 5.59. The van der Waals surface area contributed by atoms with Gasteiger partial charge in [-0.2, -0.15) is 5.10 Å². The predicted molar refractivity (Wildman–Crippen MR) is 147 cm³/mol. The number of nitrogens with one attached hydrogen (secondary N) is 3. The molecule has 0 aliphatic carbocycles. The first-order valence-electron chi connectivity index (χ1n) is 12.7. The van der Waals surface area contributed by atoms with Crippen molar-refractivity contribution in [3.63, 3.8) is 0 Å². The van der Waals surface area contributed by atoms with Gasteiger partial charge in [-0.25, -0.2) is 19.8 Å². The van der Waals surface area contributed by atoms with E-state index in [0.717, 1.165) is 0 Å². The standard InChI is InChI=1S/C28H32N4O9/c1-5-38-24(34)16-40-20-10-7-18(8-11-20)14-29-32-23(33)15-41-21-12-9-19(13-22(21)37-4)26-25(27(35)39-6-2)17(3)30-28(36)31-26/h7-14,26H,5-6,15-16H2,1-4H3,(H,32,33)(H2,30,31,36)/b29-14-/t26-/m1/s1. The van der Waals surface area contributed by atoms with E-state index in [9.17, 15) is 19.2 Å². The van der Waals surface area contributed by atoms with Crippen LogP contribution in [0.15, 0.2) is 58.8 Å². The minimum atomic E-state index is -0.776. The molecule has 3 rings (SSSR count). The highest BCUT2D eigenvalue weighted by Gasteiger charge is 2.32. The summed E-state index contributed by atoms with van der Waals surface area (Å²) in [5.41, 5.74) is 4.25. The quantitative estimate of drug-likeness (QED) is 0.187. The molecule has 1 aliphatic heterocycles. The van der Waals surface area contributed by atoms with E-state index in [2.05, 4.69) is 21.2 Å². The zero-order valence-corrected chi connectivity index (χ0v) is 23.1. The molecular weight excluding hydrogens is 536 g/mol. The molecule has 1 aliphatic rings. The first-order chi connectivity index (χ1) is 19.7. The fourth-order valence-corrected chi connectivity index (χ4v) is 3.76. The highest BCUT2D eigenvalue weighted by Crippen LogP contribution is 2.34. The summed E-state index contributed by atoms with van der Waals surface area (Å²) in [6.45, 7) is 4.94. The van der Waals surface area contributed by atoms with Crippen molar-refractivity contribution in [2.75, 3.05) is 33.5 Å². The Morgan fingerprint density at radius 3 is 2.39 bits per heavy atom. The van der Waals surface area contributed by atoms with Crippen LogP contribution in [0.25, 0.3) is 0 Å². The van der Waals surface area contributed by atoms with Gasteiger partial charge in [-0.3, -0.25) is 4.79 Å². The number of ether oxygens (including phenoxy) is 5. The lowest BCUT2D eigenvalue weighted by Crippen LogP contribution is -2.45. The van der Waals surface area contributed by atoms with Crippen molar-refractivity contribution < 1.29 is 42.9 Å². The van der Waals surface area contributed by atoms with Gasteiger partial charge in [-0.1, -0.05) is 6.07 Å². The van der Waals surface area contributed by atoms with Gasteiger partial charge in [0.15, 0.2) is 24.7 Å². The number of hydrogen-bond acceptors (Lipinski definition) is 10. The number of methoxy groups -OCH3 is 1. The van der Waals surface area contributed by atoms with Crippen molar-refractivity contribution in [2.45, 2.75) is 26.8 Å². The fourth-order valence-electron chi connectivity index (χ4n) is 3.76. The van der Waals surface area contributed by atoms with Crippen LogP contribution in [0.2, 0.25) is 0 Å². The molecule has 0 unspecified atom stereocenters. The van der Waals surface area contributed by atoms with Gasteiger partial charge >= 0.3 is 18.0 Å². The predicted octanol–water partition coefficient (Wildman–Crippen LogP) is 2.36. The second kappa shape index (κ2) is 14.9. The number of hydrogen-bond donors (Lipinski definition) is 3. The molecule has 3 N–H and O–H groups in total. The molecule has 0 spiro atoms. The number of carbonyl (C=O) groups is 4. The molecular formula is C28H32N4O9. The van der Waals surface area contributed by atoms with Gasteiger partial charge in [-0.15, -0.1) is 0 Å². The molecule has 1 heterocycles. The minimum absolute atomic E-state index is 0.179. The molecule has 13 heteroatoms. The number of amides is 3. The van der Waals surface area contributed by atoms with E-state index in [0.29, 0.717) is 22.6 Å². The van der Waals surface area contributed by atoms with E-state index < -0.39 is 29.9 Å². The maximum Gasteiger partial charge on any atom is 0.344 e. The summed E-state index contributed by atoms with van der Waals surface area (Å²) >= 11 is 0. The van der Waals surface area contributed by atoms with E-state index in [1.165, 1.54) is 13.3 Å². The number of urea groups is 1. The molecule has 0 saturated carbocycles. The average molecular weight is 569 g/mol. The molecule has 218 valence electrons. The third kappa shape index (κ3) is 8.71. The monoisotopic (exact) mass is 568 g/mol. The summed E-state index contributed by atoms with van der Waals surface area (Å²) in [7, 11) is 1.43. The van der Waals surface area contributed by atoms with Crippen LogP contribution >= 0.6 is 0 Å². The van der Waals surface area contributed by atoms with E-state index in [1.807, 2.05) is 0 Å². The molecule has 0 bridgehead atoms. The van der Waals surface area contributed by atoms with Gasteiger partial charge in [-0.05, 0) is 68.3 Å². The Hall–Kier alpha value is -5.07. The number of hydrazone groups is 1. The molecule has 0 fully saturated rings. The maximum atomic E-state index is 12.6. The Balaban J connectivity index is 1.57. The van der Waals surface area contributed by atoms with Gasteiger partial charge in [0.25, 0.3) is 5.91 Å². The number of benzene rings is 2. The largest absolute Gasteiger partial charge is 0.493 e. The SMILES string of the molecule is CCOC(=O)COc1ccc(/C=N\NC(=O)COc2ccc([C@H]3NC(=O)NC(C)=C3C(=O)OCC)cc2OC)cc1. The smallest absolute Gasteiger partial charge is 0.344 e. The fraction of sp³-hybridized carbons (Fsp3) is 0.321. The van der Waals surface area contributed by atoms with Crippen molar-refractivity contribution >= 4 is 30.1 Å². The highest BCUT2D eigenvalue weighted by atomic mass is 16.6. The van der Waals surface area contributed by atoms with Crippen LogP contribution in [0.4, 0.5) is 4.79 Å². The van der Waals surface area contributed by atoms with E-state index in [-0.39, 0.29) is 43.5 Å². The lowest BCUT2D eigenvalue weighted by molar-refractivity contribution is -0.145. The van der Waals surface area contributed by atoms with Crippen LogP contribution < -0.4 is 30.3 Å². The Labute approximate surface area is 236 Å². The van der Waals surface area contributed by atoms with Crippen LogP contribution in [0.3, 0.4) is 0 Å². The van der Waals surface area contributed by atoms with Crippen LogP contribution in [0.5, 0.6) is 17.2 Å². The summed E-state index contributed by atoms with van der Waals surface area (Å²) in [5.74, 6) is -0.487. The van der Waals surface area contributed by atoms with Gasteiger partial charge in [0, 0.05) is 5.70 Å². The second-order valence-corrected chi connectivity index (χ2v) is 8.45. The van der Waals surface area contributed by atoms with Crippen LogP contribution in [0.1, 0.15) is 37.9 Å². The number of nitrogens with zero attached hydrogens (tertiary/aromatic N) is 1. The van der Waals surface area contributed by atoms with E-state index >= 15 is 0 Å². The Bertz CT molecular complexity index is 1320. The summed E-state index contributed by atoms with van der Waals surface area (Å²) in [5, 5.41) is 9.21. The zero-order valence-electron chi connectivity index (χ0n) is 23.1. The number of rotatable bonds is 13. The van der Waals surface area contributed by atoms with Crippen molar-refractivity contribution in [3.05, 3.63) is 64.9 Å². The normalized spacial score (nSPS) is 14.5. The van der Waals surface area contributed by atoms with Gasteiger partial charge in [0.2, 0.25) is 0 Å². The summed E-state index contributed by atoms with van der Waals surface area (Å²) in [4.78, 5) is 48.3. The van der Waals surface area contributed by atoms with Crippen molar-refractivity contribution in [2.24, 2.45) is 5.10 Å². The number of allylic oxidation sites excluding steroid dienone is 1. The van der Waals surface area contributed by atoms with Crippen molar-refractivity contribution in [1.29, 1.82) is 0 Å². The molecule has 2 aromatic rings. The van der Waals surface area contributed by atoms with Crippen LogP contribution in [0, 0.1) is 0 Å². The molecule has 0 radical (unpaired) electrons. The molecule has 41 heavy (non-hydrogen) atoms. The third-order valence-corrected chi connectivity index (χ3v) is 5.59. The first kappa shape index (κ1) is 30.5. The lowest BCUT2D eigenvalue weighted by atomic mass is 9.95. The van der Waals surface area contributed by atoms with Crippen molar-refractivity contribution in [3.8, 4) is 17.2 Å². The van der Waals surface area contributed by atoms with E-state index in [4.69, 9.17) is 23.7 Å². The molecule has 13 nitrogen and oxygen atoms in total. The molecule has 0 aromatic heterocycles. The minimum Gasteiger partial charge on any atom is -0.493 e. The average Bonchev–Trinajstić information content (AvgIpc) is 2.95. The second-order valence-electron chi connectivity index (χ2n) is 8.45. The van der Waals surface area contributed by atoms with Crippen LogP contribution in [-0.2, 0) is 23.9 Å².